The molecule has 0 saturated carbocycles. The van der Waals surface area contributed by atoms with Gasteiger partial charge in [0.15, 0.2) is 0 Å². The maximum atomic E-state index is 5.58. The molecule has 3 heterocycles. The number of anilines is 1. The summed E-state index contributed by atoms with van der Waals surface area (Å²) in [6.45, 7) is 1.78. The molecule has 1 unspecified atom stereocenters. The van der Waals surface area contributed by atoms with Crippen LogP contribution in [0.2, 0.25) is 0 Å². The smallest absolute Gasteiger partial charge is 0.138 e. The van der Waals surface area contributed by atoms with E-state index in [1.54, 1.807) is 0 Å². The first-order valence-corrected chi connectivity index (χ1v) is 5.71. The Bertz CT molecular complexity index is 474. The average Bonchev–Trinajstić information content (AvgIpc) is 2.97. The van der Waals surface area contributed by atoms with Crippen LogP contribution < -0.4 is 5.32 Å². The molecule has 4 nitrogen and oxygen atoms in total. The van der Waals surface area contributed by atoms with E-state index in [-0.39, 0.29) is 0 Å². The molecule has 4 heteroatoms. The summed E-state index contributed by atoms with van der Waals surface area (Å²) in [5, 5.41) is 3.41. The van der Waals surface area contributed by atoms with Gasteiger partial charge in [0.1, 0.15) is 11.5 Å². The van der Waals surface area contributed by atoms with Gasteiger partial charge in [0.25, 0.3) is 0 Å². The molecule has 1 saturated heterocycles. The van der Waals surface area contributed by atoms with E-state index in [2.05, 4.69) is 20.8 Å². The highest BCUT2D eigenvalue weighted by Gasteiger charge is 2.15. The second-order valence-electron chi connectivity index (χ2n) is 4.08. The lowest BCUT2D eigenvalue weighted by Crippen LogP contribution is -2.19. The molecule has 1 aliphatic heterocycles. The standard InChI is InChI=1S/C12H15N3O/c1-4-11-13-6-7-15(11)12(5-1)14-9-10-3-2-8-16-10/h1,4-7,10,14H,2-3,8-9H2. The summed E-state index contributed by atoms with van der Waals surface area (Å²) in [5.41, 5.74) is 0.970. The number of rotatable bonds is 3. The Morgan fingerprint density at radius 2 is 2.50 bits per heavy atom. The summed E-state index contributed by atoms with van der Waals surface area (Å²) in [5.74, 6) is 1.07. The Hall–Kier alpha value is -1.55. The first-order chi connectivity index (χ1) is 7.93. The first-order valence-electron chi connectivity index (χ1n) is 5.71. The summed E-state index contributed by atoms with van der Waals surface area (Å²) in [7, 11) is 0. The highest BCUT2D eigenvalue weighted by atomic mass is 16.5. The van der Waals surface area contributed by atoms with Crippen LogP contribution in [-0.4, -0.2) is 28.6 Å². The van der Waals surface area contributed by atoms with E-state index in [1.165, 1.54) is 6.42 Å². The van der Waals surface area contributed by atoms with Gasteiger partial charge in [-0.15, -0.1) is 0 Å². The van der Waals surface area contributed by atoms with Crippen LogP contribution in [0, 0.1) is 0 Å². The lowest BCUT2D eigenvalue weighted by Gasteiger charge is -2.13. The summed E-state index contributed by atoms with van der Waals surface area (Å²) in [4.78, 5) is 4.25. The van der Waals surface area contributed by atoms with Crippen LogP contribution in [0.1, 0.15) is 12.8 Å². The maximum Gasteiger partial charge on any atom is 0.138 e. The number of nitrogens with zero attached hydrogens (tertiary/aromatic N) is 2. The molecule has 0 bridgehead atoms. The number of nitrogens with one attached hydrogen (secondary N) is 1. The molecule has 0 aromatic carbocycles. The Balaban J connectivity index is 1.75. The first kappa shape index (κ1) is 9.66. The fourth-order valence-electron chi connectivity index (χ4n) is 2.12. The predicted octanol–water partition coefficient (Wildman–Crippen LogP) is 1.93. The van der Waals surface area contributed by atoms with Crippen LogP contribution in [0.3, 0.4) is 0 Å². The topological polar surface area (TPSA) is 38.6 Å². The molecule has 16 heavy (non-hydrogen) atoms. The van der Waals surface area contributed by atoms with Crippen LogP contribution in [0.15, 0.2) is 30.6 Å². The molecule has 84 valence electrons. The predicted molar refractivity (Wildman–Crippen MR) is 62.7 cm³/mol. The normalized spacial score (nSPS) is 20.4. The second kappa shape index (κ2) is 4.14. The monoisotopic (exact) mass is 217 g/mol. The van der Waals surface area contributed by atoms with Crippen molar-refractivity contribution in [3.05, 3.63) is 30.6 Å². The number of hydrogen-bond acceptors (Lipinski definition) is 3. The third-order valence-electron chi connectivity index (χ3n) is 2.96. The molecule has 3 rings (SSSR count). The summed E-state index contributed by atoms with van der Waals surface area (Å²) < 4.78 is 7.63. The molecule has 2 aromatic heterocycles. The molecule has 0 aliphatic carbocycles. The van der Waals surface area contributed by atoms with E-state index in [9.17, 15) is 0 Å². The molecular weight excluding hydrogens is 202 g/mol. The zero-order valence-electron chi connectivity index (χ0n) is 9.10. The van der Waals surface area contributed by atoms with Crippen LogP contribution >= 0.6 is 0 Å². The lowest BCUT2D eigenvalue weighted by atomic mass is 10.2. The molecule has 1 aliphatic rings. The van der Waals surface area contributed by atoms with Gasteiger partial charge in [-0.3, -0.25) is 4.40 Å². The molecular formula is C12H15N3O. The van der Waals surface area contributed by atoms with Crippen molar-refractivity contribution in [2.24, 2.45) is 0 Å². The van der Waals surface area contributed by atoms with Gasteiger partial charge in [0.2, 0.25) is 0 Å². The van der Waals surface area contributed by atoms with Crippen molar-refractivity contribution in [3.8, 4) is 0 Å². The highest BCUT2D eigenvalue weighted by molar-refractivity contribution is 5.49. The third kappa shape index (κ3) is 1.76. The van der Waals surface area contributed by atoms with E-state index >= 15 is 0 Å². The number of pyridine rings is 1. The van der Waals surface area contributed by atoms with E-state index in [0.717, 1.165) is 31.0 Å². The number of hydrogen-bond donors (Lipinski definition) is 1. The molecule has 1 N–H and O–H groups in total. The minimum atomic E-state index is 0.360. The highest BCUT2D eigenvalue weighted by Crippen LogP contribution is 2.15. The SMILES string of the molecule is c1cc(NCC2CCCO2)n2ccnc2c1. The number of fused-ring (bicyclic) bond motifs is 1. The Labute approximate surface area is 94.3 Å². The molecule has 0 radical (unpaired) electrons. The quantitative estimate of drug-likeness (QED) is 0.853. The fraction of sp³-hybridized carbons (Fsp3) is 0.417. The zero-order chi connectivity index (χ0) is 10.8. The lowest BCUT2D eigenvalue weighted by molar-refractivity contribution is 0.120. The molecule has 1 atom stereocenters. The number of ether oxygens (including phenoxy) is 1. The Morgan fingerprint density at radius 1 is 1.50 bits per heavy atom. The van der Waals surface area contributed by atoms with Crippen molar-refractivity contribution >= 4 is 11.5 Å². The van der Waals surface area contributed by atoms with Crippen molar-refractivity contribution in [2.45, 2.75) is 18.9 Å². The third-order valence-corrected chi connectivity index (χ3v) is 2.96. The zero-order valence-corrected chi connectivity index (χ0v) is 9.10. The van der Waals surface area contributed by atoms with Crippen molar-refractivity contribution in [1.29, 1.82) is 0 Å². The van der Waals surface area contributed by atoms with Crippen LogP contribution in [0.25, 0.3) is 5.65 Å². The van der Waals surface area contributed by atoms with Gasteiger partial charge in [-0.2, -0.15) is 0 Å². The van der Waals surface area contributed by atoms with Crippen molar-refractivity contribution in [1.82, 2.24) is 9.38 Å². The van der Waals surface area contributed by atoms with E-state index in [0.29, 0.717) is 6.10 Å². The van der Waals surface area contributed by atoms with Crippen LogP contribution in [0.5, 0.6) is 0 Å². The molecule has 2 aromatic rings. The van der Waals surface area contributed by atoms with Gasteiger partial charge < -0.3 is 10.1 Å². The maximum absolute atomic E-state index is 5.58. The summed E-state index contributed by atoms with van der Waals surface area (Å²) >= 11 is 0. The van der Waals surface area contributed by atoms with Gasteiger partial charge in [-0.05, 0) is 25.0 Å². The molecule has 0 amide bonds. The van der Waals surface area contributed by atoms with Crippen molar-refractivity contribution in [3.63, 3.8) is 0 Å². The van der Waals surface area contributed by atoms with Crippen molar-refractivity contribution in [2.75, 3.05) is 18.5 Å². The molecule has 1 fully saturated rings. The van der Waals surface area contributed by atoms with Gasteiger partial charge >= 0.3 is 0 Å². The number of aromatic nitrogens is 2. The second-order valence-corrected chi connectivity index (χ2v) is 4.08. The minimum Gasteiger partial charge on any atom is -0.376 e. The average molecular weight is 217 g/mol. The van der Waals surface area contributed by atoms with Gasteiger partial charge in [0, 0.05) is 25.5 Å². The summed E-state index contributed by atoms with van der Waals surface area (Å²) in [6, 6.07) is 6.07. The van der Waals surface area contributed by atoms with E-state index in [4.69, 9.17) is 4.74 Å². The Morgan fingerprint density at radius 3 is 3.38 bits per heavy atom. The molecule has 0 spiro atoms. The Kier molecular flexibility index (Phi) is 2.50. The van der Waals surface area contributed by atoms with E-state index in [1.807, 2.05) is 24.5 Å². The van der Waals surface area contributed by atoms with Crippen LogP contribution in [-0.2, 0) is 4.74 Å². The van der Waals surface area contributed by atoms with Gasteiger partial charge in [-0.1, -0.05) is 6.07 Å². The van der Waals surface area contributed by atoms with Gasteiger partial charge in [0.05, 0.1) is 6.10 Å². The van der Waals surface area contributed by atoms with Crippen molar-refractivity contribution < 1.29 is 4.74 Å². The summed E-state index contributed by atoms with van der Waals surface area (Å²) in [6.07, 6.45) is 6.48. The van der Waals surface area contributed by atoms with E-state index < -0.39 is 0 Å². The van der Waals surface area contributed by atoms with Crippen LogP contribution in [0.4, 0.5) is 5.82 Å². The fourth-order valence-corrected chi connectivity index (χ4v) is 2.12. The van der Waals surface area contributed by atoms with Gasteiger partial charge in [-0.25, -0.2) is 4.98 Å². The minimum absolute atomic E-state index is 0.360. The largest absolute Gasteiger partial charge is 0.376 e. The number of imidazole rings is 1.